The minimum Gasteiger partial charge on any atom is -0.344 e. The molecule has 1 aromatic heterocycles. The summed E-state index contributed by atoms with van der Waals surface area (Å²) in [6.45, 7) is 3.68. The highest BCUT2D eigenvalue weighted by Gasteiger charge is 2.13. The van der Waals surface area contributed by atoms with Gasteiger partial charge in [0, 0.05) is 0 Å². The van der Waals surface area contributed by atoms with E-state index in [9.17, 15) is 9.59 Å². The maximum Gasteiger partial charge on any atom is 0.258 e. The maximum absolute atomic E-state index is 12.1. The minimum atomic E-state index is -0.164. The molecule has 0 atom stereocenters. The molecule has 2 N–H and O–H groups in total. The third-order valence-corrected chi connectivity index (χ3v) is 3.62. The number of aromatic nitrogens is 2. The molecule has 0 saturated carbocycles. The van der Waals surface area contributed by atoms with E-state index >= 15 is 0 Å². The highest BCUT2D eigenvalue weighted by molar-refractivity contribution is 5.78. The van der Waals surface area contributed by atoms with E-state index in [1.165, 1.54) is 0 Å². The zero-order valence-electron chi connectivity index (χ0n) is 13.8. The van der Waals surface area contributed by atoms with Gasteiger partial charge in [0.1, 0.15) is 5.82 Å². The molecular formula is C18H22N4O2. The summed E-state index contributed by atoms with van der Waals surface area (Å²) in [7, 11) is 0. The molecule has 0 radical (unpaired) electrons. The maximum atomic E-state index is 12.1. The number of carbonyl (C=O) groups excluding carboxylic acids is 1. The van der Waals surface area contributed by atoms with Crippen LogP contribution in [0.15, 0.2) is 29.1 Å². The first-order valence-electron chi connectivity index (χ1n) is 8.04. The number of terminal acetylenes is 1. The van der Waals surface area contributed by atoms with Gasteiger partial charge >= 0.3 is 0 Å². The van der Waals surface area contributed by atoms with Crippen LogP contribution in [0.4, 0.5) is 0 Å². The van der Waals surface area contributed by atoms with Gasteiger partial charge < -0.3 is 10.3 Å². The molecule has 0 saturated heterocycles. The quantitative estimate of drug-likeness (QED) is 0.716. The molecule has 24 heavy (non-hydrogen) atoms. The molecule has 2 aromatic rings. The van der Waals surface area contributed by atoms with Crippen LogP contribution in [0, 0.1) is 12.3 Å². The van der Waals surface area contributed by atoms with Gasteiger partial charge in [-0.3, -0.25) is 14.5 Å². The predicted octanol–water partition coefficient (Wildman–Crippen LogP) is 1.27. The van der Waals surface area contributed by atoms with Gasteiger partial charge in [-0.25, -0.2) is 4.98 Å². The Morgan fingerprint density at radius 2 is 2.21 bits per heavy atom. The number of hydrogen-bond acceptors (Lipinski definition) is 4. The molecule has 2 rings (SSSR count). The Bertz CT molecular complexity index is 791. The lowest BCUT2D eigenvalue weighted by Crippen LogP contribution is -2.38. The van der Waals surface area contributed by atoms with Crippen LogP contribution in [0.5, 0.6) is 0 Å². The van der Waals surface area contributed by atoms with E-state index in [2.05, 4.69) is 28.1 Å². The number of fused-ring (bicyclic) bond motifs is 1. The van der Waals surface area contributed by atoms with Crippen LogP contribution in [0.1, 0.15) is 25.6 Å². The van der Waals surface area contributed by atoms with E-state index in [1.807, 2.05) is 23.1 Å². The number of nitrogens with zero attached hydrogens (tertiary/aromatic N) is 2. The largest absolute Gasteiger partial charge is 0.344 e. The van der Waals surface area contributed by atoms with Crippen molar-refractivity contribution < 1.29 is 4.79 Å². The second kappa shape index (κ2) is 8.85. The number of rotatable bonds is 8. The number of para-hydroxylation sites is 1. The van der Waals surface area contributed by atoms with Crippen molar-refractivity contribution in [2.75, 3.05) is 19.6 Å². The topological polar surface area (TPSA) is 78.1 Å². The van der Waals surface area contributed by atoms with Crippen molar-refractivity contribution in [3.63, 3.8) is 0 Å². The molecule has 0 fully saturated rings. The van der Waals surface area contributed by atoms with E-state index in [0.29, 0.717) is 23.3 Å². The monoisotopic (exact) mass is 326 g/mol. The molecule has 0 bridgehead atoms. The van der Waals surface area contributed by atoms with Gasteiger partial charge in [-0.2, -0.15) is 0 Å². The van der Waals surface area contributed by atoms with Crippen molar-refractivity contribution in [3.05, 3.63) is 40.4 Å². The number of aromatic amines is 1. The van der Waals surface area contributed by atoms with Gasteiger partial charge in [-0.15, -0.1) is 6.42 Å². The summed E-state index contributed by atoms with van der Waals surface area (Å²) in [4.78, 5) is 33.3. The SMILES string of the molecule is C#CCNC(=O)CN(CCCC)Cc1nc2ccccc2c(=O)[nH]1. The van der Waals surface area contributed by atoms with Crippen molar-refractivity contribution in [1.82, 2.24) is 20.2 Å². The average Bonchev–Trinajstić information content (AvgIpc) is 2.58. The second-order valence-corrected chi connectivity index (χ2v) is 5.57. The summed E-state index contributed by atoms with van der Waals surface area (Å²) in [6.07, 6.45) is 7.13. The lowest BCUT2D eigenvalue weighted by molar-refractivity contribution is -0.122. The van der Waals surface area contributed by atoms with Crippen LogP contribution in [0.3, 0.4) is 0 Å². The van der Waals surface area contributed by atoms with Crippen LogP contribution >= 0.6 is 0 Å². The molecule has 6 nitrogen and oxygen atoms in total. The van der Waals surface area contributed by atoms with Gasteiger partial charge in [0.2, 0.25) is 5.91 Å². The Hall–Kier alpha value is -2.65. The van der Waals surface area contributed by atoms with E-state index < -0.39 is 0 Å². The highest BCUT2D eigenvalue weighted by atomic mass is 16.2. The molecule has 0 aliphatic heterocycles. The number of H-pyrrole nitrogens is 1. The van der Waals surface area contributed by atoms with E-state index in [-0.39, 0.29) is 24.6 Å². The fraction of sp³-hybridized carbons (Fsp3) is 0.389. The van der Waals surface area contributed by atoms with E-state index in [4.69, 9.17) is 6.42 Å². The summed E-state index contributed by atoms with van der Waals surface area (Å²) in [5.74, 6) is 2.80. The Balaban J connectivity index is 2.14. The summed E-state index contributed by atoms with van der Waals surface area (Å²) >= 11 is 0. The second-order valence-electron chi connectivity index (χ2n) is 5.57. The third-order valence-electron chi connectivity index (χ3n) is 3.62. The van der Waals surface area contributed by atoms with Crippen molar-refractivity contribution in [1.29, 1.82) is 0 Å². The van der Waals surface area contributed by atoms with Crippen molar-refractivity contribution in [3.8, 4) is 12.3 Å². The minimum absolute atomic E-state index is 0.132. The van der Waals surface area contributed by atoms with Crippen molar-refractivity contribution in [2.45, 2.75) is 26.3 Å². The van der Waals surface area contributed by atoms with Crippen LogP contribution < -0.4 is 10.9 Å². The molecule has 6 heteroatoms. The van der Waals surface area contributed by atoms with E-state index in [1.54, 1.807) is 6.07 Å². The molecule has 1 aromatic carbocycles. The first-order chi connectivity index (χ1) is 11.6. The van der Waals surface area contributed by atoms with Gasteiger partial charge in [0.05, 0.1) is 30.5 Å². The van der Waals surface area contributed by atoms with Crippen molar-refractivity contribution in [2.24, 2.45) is 0 Å². The van der Waals surface area contributed by atoms with Crippen molar-refractivity contribution >= 4 is 16.8 Å². The number of carbonyl (C=O) groups is 1. The molecule has 1 heterocycles. The zero-order valence-corrected chi connectivity index (χ0v) is 13.8. The van der Waals surface area contributed by atoms with Gasteiger partial charge in [-0.05, 0) is 25.1 Å². The summed E-state index contributed by atoms with van der Waals surface area (Å²) in [5.41, 5.74) is 0.492. The summed E-state index contributed by atoms with van der Waals surface area (Å²) < 4.78 is 0. The molecule has 0 spiro atoms. The third kappa shape index (κ3) is 4.93. The lowest BCUT2D eigenvalue weighted by Gasteiger charge is -2.20. The normalized spacial score (nSPS) is 10.7. The Kier molecular flexibility index (Phi) is 6.52. The van der Waals surface area contributed by atoms with Crippen LogP contribution in [-0.4, -0.2) is 40.4 Å². The first-order valence-corrected chi connectivity index (χ1v) is 8.04. The lowest BCUT2D eigenvalue weighted by atomic mass is 10.2. The molecule has 0 aliphatic carbocycles. The van der Waals surface area contributed by atoms with Crippen LogP contribution in [0.2, 0.25) is 0 Å². The smallest absolute Gasteiger partial charge is 0.258 e. The zero-order chi connectivity index (χ0) is 17.4. The number of nitrogens with one attached hydrogen (secondary N) is 2. The van der Waals surface area contributed by atoms with E-state index in [0.717, 1.165) is 19.4 Å². The highest BCUT2D eigenvalue weighted by Crippen LogP contribution is 2.07. The Morgan fingerprint density at radius 3 is 2.96 bits per heavy atom. The predicted molar refractivity (Wildman–Crippen MR) is 94.4 cm³/mol. The fourth-order valence-corrected chi connectivity index (χ4v) is 2.43. The number of hydrogen-bond donors (Lipinski definition) is 2. The average molecular weight is 326 g/mol. The van der Waals surface area contributed by atoms with Crippen LogP contribution in [-0.2, 0) is 11.3 Å². The number of unbranched alkanes of at least 4 members (excludes halogenated alkanes) is 1. The molecular weight excluding hydrogens is 304 g/mol. The Morgan fingerprint density at radius 1 is 1.42 bits per heavy atom. The number of benzene rings is 1. The fourth-order valence-electron chi connectivity index (χ4n) is 2.43. The molecule has 126 valence electrons. The first kappa shape index (κ1) is 17.7. The van der Waals surface area contributed by atoms with Gasteiger partial charge in [0.15, 0.2) is 0 Å². The Labute approximate surface area is 141 Å². The molecule has 0 unspecified atom stereocenters. The number of amides is 1. The summed E-state index contributed by atoms with van der Waals surface area (Å²) in [6, 6.07) is 7.21. The molecule has 0 aliphatic rings. The van der Waals surface area contributed by atoms with Crippen LogP contribution in [0.25, 0.3) is 10.9 Å². The standard InChI is InChI=1S/C18H22N4O2/c1-3-5-11-22(13-17(23)19-10-4-2)12-16-20-15-9-7-6-8-14(15)18(24)21-16/h2,6-9H,3,5,10-13H2,1H3,(H,19,23)(H,20,21,24). The molecule has 1 amide bonds. The van der Waals surface area contributed by atoms with Gasteiger partial charge in [-0.1, -0.05) is 31.4 Å². The summed E-state index contributed by atoms with van der Waals surface area (Å²) in [5, 5.41) is 3.22. The van der Waals surface area contributed by atoms with Gasteiger partial charge in [0.25, 0.3) is 5.56 Å².